The summed E-state index contributed by atoms with van der Waals surface area (Å²) in [6.45, 7) is 0. The van der Waals surface area contributed by atoms with Crippen LogP contribution in [0.15, 0.2) is 54.6 Å². The number of rotatable bonds is 4. The van der Waals surface area contributed by atoms with Crippen molar-refractivity contribution < 1.29 is 19.2 Å². The third kappa shape index (κ3) is 2.94. The second-order valence-electron chi connectivity index (χ2n) is 5.97. The Labute approximate surface area is 156 Å². The fourth-order valence-electron chi connectivity index (χ4n) is 2.92. The van der Waals surface area contributed by atoms with Crippen molar-refractivity contribution in [3.63, 3.8) is 0 Å². The largest absolute Gasteiger partial charge is 0.478 e. The van der Waals surface area contributed by atoms with E-state index in [1.807, 2.05) is 0 Å². The molecule has 8 nitrogen and oxygen atoms in total. The van der Waals surface area contributed by atoms with E-state index in [2.05, 4.69) is 15.2 Å². The minimum Gasteiger partial charge on any atom is -0.478 e. The lowest BCUT2D eigenvalue weighted by Crippen LogP contribution is -2.00. The van der Waals surface area contributed by atoms with Gasteiger partial charge in [-0.3, -0.25) is 15.2 Å². The summed E-state index contributed by atoms with van der Waals surface area (Å²) in [4.78, 5) is 26.5. The number of aromatic amines is 1. The standard InChI is InChI=1S/C19H11FN4O4/c20-12-5-1-10(2-6-12)15-9-14(19(25)26)16-17(22-23-18(16)21-15)11-3-7-13(8-4-11)24(27)28/h1-9H,(H,25,26)(H,21,22,23). The predicted molar refractivity (Wildman–Crippen MR) is 98.3 cm³/mol. The first-order valence-electron chi connectivity index (χ1n) is 8.07. The monoisotopic (exact) mass is 378 g/mol. The van der Waals surface area contributed by atoms with Gasteiger partial charge in [0.25, 0.3) is 5.69 Å². The second-order valence-corrected chi connectivity index (χ2v) is 5.97. The van der Waals surface area contributed by atoms with Crippen molar-refractivity contribution >= 4 is 22.7 Å². The number of halogens is 1. The van der Waals surface area contributed by atoms with E-state index in [1.165, 1.54) is 54.6 Å². The molecule has 4 aromatic rings. The Hall–Kier alpha value is -4.14. The first-order valence-corrected chi connectivity index (χ1v) is 8.07. The third-order valence-electron chi connectivity index (χ3n) is 4.26. The third-order valence-corrected chi connectivity index (χ3v) is 4.26. The lowest BCUT2D eigenvalue weighted by molar-refractivity contribution is -0.384. The lowest BCUT2D eigenvalue weighted by atomic mass is 10.0. The molecule has 0 atom stereocenters. The van der Waals surface area contributed by atoms with Crippen molar-refractivity contribution in [2.45, 2.75) is 0 Å². The van der Waals surface area contributed by atoms with Gasteiger partial charge in [-0.25, -0.2) is 14.2 Å². The average molecular weight is 378 g/mol. The van der Waals surface area contributed by atoms with Gasteiger partial charge >= 0.3 is 5.97 Å². The van der Waals surface area contributed by atoms with Gasteiger partial charge in [0.2, 0.25) is 0 Å². The molecular formula is C19H11FN4O4. The molecule has 0 saturated carbocycles. The summed E-state index contributed by atoms with van der Waals surface area (Å²) in [5.74, 6) is -1.59. The van der Waals surface area contributed by atoms with Gasteiger partial charge < -0.3 is 5.11 Å². The topological polar surface area (TPSA) is 122 Å². The van der Waals surface area contributed by atoms with Crippen LogP contribution < -0.4 is 0 Å². The summed E-state index contributed by atoms with van der Waals surface area (Å²) in [5.41, 5.74) is 1.87. The number of fused-ring (bicyclic) bond motifs is 1. The Morgan fingerprint density at radius 2 is 1.71 bits per heavy atom. The molecule has 2 heterocycles. The van der Waals surface area contributed by atoms with Crippen molar-refractivity contribution in [1.82, 2.24) is 15.2 Å². The van der Waals surface area contributed by atoms with Crippen LogP contribution in [-0.4, -0.2) is 31.2 Å². The maximum Gasteiger partial charge on any atom is 0.336 e. The number of hydrogen-bond donors (Lipinski definition) is 2. The predicted octanol–water partition coefficient (Wildman–Crippen LogP) is 4.04. The molecule has 4 rings (SSSR count). The Bertz CT molecular complexity index is 1220. The molecule has 28 heavy (non-hydrogen) atoms. The maximum absolute atomic E-state index is 13.2. The molecule has 2 N–H and O–H groups in total. The zero-order valence-electron chi connectivity index (χ0n) is 14.1. The molecule has 2 aromatic carbocycles. The van der Waals surface area contributed by atoms with Gasteiger partial charge in [0.05, 0.1) is 27.3 Å². The molecule has 0 aliphatic carbocycles. The SMILES string of the molecule is O=C(O)c1cc(-c2ccc(F)cc2)nc2n[nH]c(-c3ccc([N+](=O)[O-])cc3)c12. The zero-order valence-corrected chi connectivity index (χ0v) is 14.1. The Morgan fingerprint density at radius 1 is 1.07 bits per heavy atom. The minimum atomic E-state index is -1.18. The minimum absolute atomic E-state index is 0.0357. The highest BCUT2D eigenvalue weighted by Crippen LogP contribution is 2.32. The number of nitro benzene ring substituents is 1. The number of nitrogens with one attached hydrogen (secondary N) is 1. The number of benzene rings is 2. The number of nitro groups is 1. The molecule has 0 spiro atoms. The van der Waals surface area contributed by atoms with E-state index in [0.29, 0.717) is 22.5 Å². The van der Waals surface area contributed by atoms with Crippen LogP contribution in [0.5, 0.6) is 0 Å². The van der Waals surface area contributed by atoms with Gasteiger partial charge in [0.15, 0.2) is 5.65 Å². The number of carboxylic acids is 1. The van der Waals surface area contributed by atoms with Crippen LogP contribution >= 0.6 is 0 Å². The van der Waals surface area contributed by atoms with Gasteiger partial charge in [-0.05, 0) is 42.5 Å². The van der Waals surface area contributed by atoms with Crippen LogP contribution in [0, 0.1) is 15.9 Å². The highest BCUT2D eigenvalue weighted by molar-refractivity contribution is 6.08. The van der Waals surface area contributed by atoms with Gasteiger partial charge in [-0.1, -0.05) is 0 Å². The smallest absolute Gasteiger partial charge is 0.336 e. The number of carbonyl (C=O) groups is 1. The highest BCUT2D eigenvalue weighted by Gasteiger charge is 2.20. The number of hydrogen-bond acceptors (Lipinski definition) is 5. The molecule has 138 valence electrons. The van der Waals surface area contributed by atoms with E-state index in [-0.39, 0.29) is 22.3 Å². The first kappa shape index (κ1) is 17.3. The van der Waals surface area contributed by atoms with Crippen LogP contribution in [0.1, 0.15) is 10.4 Å². The molecule has 0 radical (unpaired) electrons. The van der Waals surface area contributed by atoms with Gasteiger partial charge in [0, 0.05) is 23.3 Å². The van der Waals surface area contributed by atoms with Crippen LogP contribution in [0.25, 0.3) is 33.5 Å². The number of carboxylic acid groups (broad SMARTS) is 1. The molecule has 9 heteroatoms. The zero-order chi connectivity index (χ0) is 19.8. The summed E-state index contributed by atoms with van der Waals surface area (Å²) in [6.07, 6.45) is 0. The number of pyridine rings is 1. The molecule has 0 unspecified atom stereocenters. The normalized spacial score (nSPS) is 10.9. The number of H-pyrrole nitrogens is 1. The molecule has 0 fully saturated rings. The lowest BCUT2D eigenvalue weighted by Gasteiger charge is -2.06. The van der Waals surface area contributed by atoms with Gasteiger partial charge in [-0.15, -0.1) is 0 Å². The molecule has 0 aliphatic heterocycles. The van der Waals surface area contributed by atoms with E-state index < -0.39 is 16.7 Å². The van der Waals surface area contributed by atoms with Crippen LogP contribution in [0.3, 0.4) is 0 Å². The molecule has 0 amide bonds. The summed E-state index contributed by atoms with van der Waals surface area (Å²) in [7, 11) is 0. The second kappa shape index (κ2) is 6.54. The van der Waals surface area contributed by atoms with Gasteiger partial charge in [0.1, 0.15) is 5.82 Å². The van der Waals surface area contributed by atoms with E-state index in [9.17, 15) is 24.4 Å². The van der Waals surface area contributed by atoms with Crippen molar-refractivity contribution in [1.29, 1.82) is 0 Å². The summed E-state index contributed by atoms with van der Waals surface area (Å²) >= 11 is 0. The maximum atomic E-state index is 13.2. The number of nitrogens with zero attached hydrogens (tertiary/aromatic N) is 3. The molecular weight excluding hydrogens is 367 g/mol. The summed E-state index contributed by atoms with van der Waals surface area (Å²) in [5, 5.41) is 27.6. The van der Waals surface area contributed by atoms with E-state index >= 15 is 0 Å². The molecule has 2 aromatic heterocycles. The number of aromatic nitrogens is 3. The Morgan fingerprint density at radius 3 is 2.32 bits per heavy atom. The fourth-order valence-corrected chi connectivity index (χ4v) is 2.92. The first-order chi connectivity index (χ1) is 13.4. The van der Waals surface area contributed by atoms with Crippen molar-refractivity contribution in [3.8, 4) is 22.5 Å². The highest BCUT2D eigenvalue weighted by atomic mass is 19.1. The molecule has 0 bridgehead atoms. The fraction of sp³-hybridized carbons (Fsp3) is 0. The Kier molecular flexibility index (Phi) is 4.04. The van der Waals surface area contributed by atoms with Crippen LogP contribution in [0.2, 0.25) is 0 Å². The van der Waals surface area contributed by atoms with Crippen molar-refractivity contribution in [3.05, 3.63) is 76.1 Å². The Balaban J connectivity index is 1.89. The molecule has 0 aliphatic rings. The van der Waals surface area contributed by atoms with Crippen LogP contribution in [0.4, 0.5) is 10.1 Å². The quantitative estimate of drug-likeness (QED) is 0.408. The molecule has 0 saturated heterocycles. The van der Waals surface area contributed by atoms with Crippen molar-refractivity contribution in [2.24, 2.45) is 0 Å². The van der Waals surface area contributed by atoms with E-state index in [0.717, 1.165) is 0 Å². The average Bonchev–Trinajstić information content (AvgIpc) is 3.11. The summed E-state index contributed by atoms with van der Waals surface area (Å²) in [6, 6.07) is 12.6. The number of non-ortho nitro benzene ring substituents is 1. The van der Waals surface area contributed by atoms with E-state index in [1.54, 1.807) is 0 Å². The summed E-state index contributed by atoms with van der Waals surface area (Å²) < 4.78 is 13.2. The van der Waals surface area contributed by atoms with E-state index in [4.69, 9.17) is 0 Å². The van der Waals surface area contributed by atoms with Crippen LogP contribution in [-0.2, 0) is 0 Å². The number of aromatic carboxylic acids is 1. The van der Waals surface area contributed by atoms with Crippen molar-refractivity contribution in [2.75, 3.05) is 0 Å². The van der Waals surface area contributed by atoms with Gasteiger partial charge in [-0.2, -0.15) is 5.10 Å².